The van der Waals surface area contributed by atoms with Gasteiger partial charge in [-0.1, -0.05) is 29.3 Å². The van der Waals surface area contributed by atoms with Gasteiger partial charge in [-0.3, -0.25) is 25.0 Å². The second kappa shape index (κ2) is 7.69. The number of halogens is 2. The molecule has 2 aromatic carbocycles. The van der Waals surface area contributed by atoms with Gasteiger partial charge in [0.05, 0.1) is 37.7 Å². The van der Waals surface area contributed by atoms with Crippen LogP contribution in [0, 0.1) is 20.2 Å². The smallest absolute Gasteiger partial charge is 0.267 e. The average Bonchev–Trinajstić information content (AvgIpc) is 2.56. The first kappa shape index (κ1) is 18.3. The van der Waals surface area contributed by atoms with E-state index in [4.69, 9.17) is 23.2 Å². The van der Waals surface area contributed by atoms with Crippen molar-refractivity contribution in [1.29, 1.82) is 0 Å². The number of nitrogens with zero attached hydrogens (tertiary/aromatic N) is 3. The standard InChI is InChI=1S/C14H8Cl2N4O5/c15-12-2-1-3-13(16)11(12)7-17-18-14(21)8-4-9(19(22)23)6-10(5-8)20(24)25/h1-7H,(H,18,21)/b17-7+. The second-order valence-corrected chi connectivity index (χ2v) is 5.40. The van der Waals surface area contributed by atoms with Crippen LogP contribution in [0.25, 0.3) is 0 Å². The quantitative estimate of drug-likeness (QED) is 0.480. The summed E-state index contributed by atoms with van der Waals surface area (Å²) in [4.78, 5) is 32.0. The molecule has 0 spiro atoms. The summed E-state index contributed by atoms with van der Waals surface area (Å²) in [6.07, 6.45) is 1.19. The van der Waals surface area contributed by atoms with E-state index in [0.717, 1.165) is 18.2 Å². The number of rotatable bonds is 5. The van der Waals surface area contributed by atoms with Crippen molar-refractivity contribution < 1.29 is 14.6 Å². The van der Waals surface area contributed by atoms with E-state index < -0.39 is 27.1 Å². The molecular weight excluding hydrogens is 375 g/mol. The molecule has 0 radical (unpaired) electrons. The molecule has 0 saturated carbocycles. The van der Waals surface area contributed by atoms with Gasteiger partial charge in [-0.15, -0.1) is 0 Å². The van der Waals surface area contributed by atoms with Gasteiger partial charge in [-0.25, -0.2) is 5.43 Å². The highest BCUT2D eigenvalue weighted by molar-refractivity contribution is 6.38. The van der Waals surface area contributed by atoms with Gasteiger partial charge in [0.25, 0.3) is 17.3 Å². The number of nitrogens with one attached hydrogen (secondary N) is 1. The van der Waals surface area contributed by atoms with E-state index in [1.165, 1.54) is 6.21 Å². The fourth-order valence-electron chi connectivity index (χ4n) is 1.79. The fraction of sp³-hybridized carbons (Fsp3) is 0. The van der Waals surface area contributed by atoms with E-state index in [9.17, 15) is 25.0 Å². The molecule has 1 N–H and O–H groups in total. The summed E-state index contributed by atoms with van der Waals surface area (Å²) in [7, 11) is 0. The minimum atomic E-state index is -0.869. The Morgan fingerprint density at radius 3 is 2.04 bits per heavy atom. The zero-order chi connectivity index (χ0) is 18.6. The van der Waals surface area contributed by atoms with E-state index in [2.05, 4.69) is 10.5 Å². The maximum atomic E-state index is 12.0. The monoisotopic (exact) mass is 382 g/mol. The molecule has 128 valence electrons. The van der Waals surface area contributed by atoms with E-state index in [-0.39, 0.29) is 5.56 Å². The molecule has 25 heavy (non-hydrogen) atoms. The first-order chi connectivity index (χ1) is 11.8. The van der Waals surface area contributed by atoms with Crippen LogP contribution in [0.2, 0.25) is 10.0 Å². The molecule has 0 heterocycles. The van der Waals surface area contributed by atoms with Crippen molar-refractivity contribution in [1.82, 2.24) is 5.43 Å². The van der Waals surface area contributed by atoms with Crippen LogP contribution in [-0.2, 0) is 0 Å². The lowest BCUT2D eigenvalue weighted by atomic mass is 10.1. The topological polar surface area (TPSA) is 128 Å². The van der Waals surface area contributed by atoms with Gasteiger partial charge < -0.3 is 0 Å². The Kier molecular flexibility index (Phi) is 5.63. The van der Waals surface area contributed by atoms with Gasteiger partial charge >= 0.3 is 0 Å². The molecule has 0 aliphatic carbocycles. The number of nitro groups is 2. The van der Waals surface area contributed by atoms with E-state index in [0.29, 0.717) is 15.6 Å². The highest BCUT2D eigenvalue weighted by atomic mass is 35.5. The van der Waals surface area contributed by atoms with Crippen molar-refractivity contribution in [2.24, 2.45) is 5.10 Å². The Morgan fingerprint density at radius 2 is 1.56 bits per heavy atom. The van der Waals surface area contributed by atoms with Crippen molar-refractivity contribution in [3.63, 3.8) is 0 Å². The Labute approximate surface area is 150 Å². The summed E-state index contributed by atoms with van der Waals surface area (Å²) in [5.41, 5.74) is 1.000. The number of hydrazone groups is 1. The molecule has 0 aliphatic rings. The van der Waals surface area contributed by atoms with Gasteiger partial charge in [0.1, 0.15) is 0 Å². The number of non-ortho nitro benzene ring substituents is 2. The second-order valence-electron chi connectivity index (χ2n) is 4.59. The molecule has 0 atom stereocenters. The Bertz CT molecular complexity index is 848. The van der Waals surface area contributed by atoms with Crippen molar-refractivity contribution >= 4 is 46.7 Å². The number of carbonyl (C=O) groups is 1. The molecule has 2 aromatic rings. The van der Waals surface area contributed by atoms with E-state index >= 15 is 0 Å². The van der Waals surface area contributed by atoms with Crippen molar-refractivity contribution in [2.75, 3.05) is 0 Å². The molecule has 9 nitrogen and oxygen atoms in total. The van der Waals surface area contributed by atoms with Crippen LogP contribution in [0.5, 0.6) is 0 Å². The van der Waals surface area contributed by atoms with Crippen LogP contribution in [-0.4, -0.2) is 22.0 Å². The molecule has 0 saturated heterocycles. The van der Waals surface area contributed by atoms with Crippen LogP contribution in [0.15, 0.2) is 41.5 Å². The van der Waals surface area contributed by atoms with Gasteiger partial charge in [0.2, 0.25) is 0 Å². The summed E-state index contributed by atoms with van der Waals surface area (Å²) in [6, 6.07) is 7.33. The highest BCUT2D eigenvalue weighted by Gasteiger charge is 2.19. The number of amides is 1. The number of carbonyl (C=O) groups excluding carboxylic acids is 1. The molecule has 1 amide bonds. The molecular formula is C14H8Cl2N4O5. The van der Waals surface area contributed by atoms with E-state index in [1.807, 2.05) is 0 Å². The number of hydrogen-bond donors (Lipinski definition) is 1. The number of nitro benzene ring substituents is 2. The lowest BCUT2D eigenvalue weighted by molar-refractivity contribution is -0.394. The minimum absolute atomic E-state index is 0.289. The number of benzene rings is 2. The van der Waals surface area contributed by atoms with Crippen molar-refractivity contribution in [3.05, 3.63) is 77.8 Å². The zero-order valence-corrected chi connectivity index (χ0v) is 13.7. The molecule has 0 bridgehead atoms. The zero-order valence-electron chi connectivity index (χ0n) is 12.2. The first-order valence-corrected chi connectivity index (χ1v) is 7.26. The maximum absolute atomic E-state index is 12.0. The third-order valence-corrected chi connectivity index (χ3v) is 3.60. The van der Waals surface area contributed by atoms with Crippen molar-refractivity contribution in [2.45, 2.75) is 0 Å². The van der Waals surface area contributed by atoms with E-state index in [1.54, 1.807) is 18.2 Å². The molecule has 0 aliphatic heterocycles. The lowest BCUT2D eigenvalue weighted by Crippen LogP contribution is -2.18. The highest BCUT2D eigenvalue weighted by Crippen LogP contribution is 2.23. The maximum Gasteiger partial charge on any atom is 0.277 e. The summed E-state index contributed by atoms with van der Waals surface area (Å²) >= 11 is 11.9. The summed E-state index contributed by atoms with van der Waals surface area (Å²) in [6.45, 7) is 0. The predicted molar refractivity (Wildman–Crippen MR) is 91.3 cm³/mol. The molecule has 2 rings (SSSR count). The lowest BCUT2D eigenvalue weighted by Gasteiger charge is -2.02. The predicted octanol–water partition coefficient (Wildman–Crippen LogP) is 3.57. The summed E-state index contributed by atoms with van der Waals surface area (Å²) in [5.74, 6) is -0.869. The van der Waals surface area contributed by atoms with Crippen LogP contribution in [0.4, 0.5) is 11.4 Å². The third kappa shape index (κ3) is 4.49. The SMILES string of the molecule is O=C(N/N=C/c1c(Cl)cccc1Cl)c1cc([N+](=O)[O-])cc([N+](=O)[O-])c1. The molecule has 0 aromatic heterocycles. The fourth-order valence-corrected chi connectivity index (χ4v) is 2.29. The van der Waals surface area contributed by atoms with Crippen LogP contribution >= 0.6 is 23.2 Å². The molecule has 11 heteroatoms. The molecule has 0 fully saturated rings. The van der Waals surface area contributed by atoms with Gasteiger partial charge in [-0.05, 0) is 12.1 Å². The van der Waals surface area contributed by atoms with Gasteiger partial charge in [0, 0.05) is 17.7 Å². The van der Waals surface area contributed by atoms with Crippen molar-refractivity contribution in [3.8, 4) is 0 Å². The summed E-state index contributed by atoms with van der Waals surface area (Å²) in [5, 5.41) is 25.9. The van der Waals surface area contributed by atoms with Crippen LogP contribution in [0.3, 0.4) is 0 Å². The Balaban J connectivity index is 2.25. The van der Waals surface area contributed by atoms with Gasteiger partial charge in [0.15, 0.2) is 0 Å². The van der Waals surface area contributed by atoms with Gasteiger partial charge in [-0.2, -0.15) is 5.10 Å². The number of hydrogen-bond acceptors (Lipinski definition) is 6. The normalized spacial score (nSPS) is 10.6. The Morgan fingerprint density at radius 1 is 1.04 bits per heavy atom. The Hall–Kier alpha value is -3.04. The molecule has 0 unspecified atom stereocenters. The third-order valence-electron chi connectivity index (χ3n) is 2.95. The first-order valence-electron chi connectivity index (χ1n) is 6.51. The van der Waals surface area contributed by atoms with Crippen LogP contribution in [0.1, 0.15) is 15.9 Å². The summed E-state index contributed by atoms with van der Waals surface area (Å²) < 4.78 is 0. The van der Waals surface area contributed by atoms with Crippen LogP contribution < -0.4 is 5.43 Å². The largest absolute Gasteiger partial charge is 0.277 e. The minimum Gasteiger partial charge on any atom is -0.267 e. The average molecular weight is 383 g/mol.